The average Bonchev–Trinajstić information content (AvgIpc) is 3.57. The molecule has 2 saturated heterocycles. The quantitative estimate of drug-likeness (QED) is 0.195. The molecule has 4 heteroatoms. The standard InChI is InChI=1S/C42H44N2O2/c1-25-10-6-8-16-43(25)31-14-12-27-20-33-34-24-38-39(40(42(3,4)5)41(34)46-36(33)22-29(27)18-31)35-21-28-13-15-32(19-30(28)23-37(35)45-38)44-17-9-7-11-26(44)2/h12-15,18-26H,6-11,16-17H2,1-5H3. The van der Waals surface area contributed by atoms with Gasteiger partial charge >= 0.3 is 0 Å². The molecule has 2 aliphatic rings. The maximum atomic E-state index is 6.87. The van der Waals surface area contributed by atoms with Gasteiger partial charge in [0.05, 0.1) is 0 Å². The molecule has 46 heavy (non-hydrogen) atoms. The minimum atomic E-state index is -0.150. The van der Waals surface area contributed by atoms with E-state index in [9.17, 15) is 0 Å². The van der Waals surface area contributed by atoms with Crippen LogP contribution in [0.4, 0.5) is 11.4 Å². The molecule has 0 amide bonds. The molecule has 4 heterocycles. The Hall–Kier alpha value is -4.18. The highest BCUT2D eigenvalue weighted by Gasteiger charge is 2.28. The van der Waals surface area contributed by atoms with Crippen molar-refractivity contribution in [3.05, 3.63) is 72.3 Å². The molecule has 2 unspecified atom stereocenters. The van der Waals surface area contributed by atoms with E-state index in [1.165, 1.54) is 87.8 Å². The highest BCUT2D eigenvalue weighted by molar-refractivity contribution is 6.20. The van der Waals surface area contributed by atoms with Gasteiger partial charge in [-0.05, 0) is 134 Å². The molecule has 4 nitrogen and oxygen atoms in total. The average molecular weight is 609 g/mol. The molecule has 5 aromatic carbocycles. The fourth-order valence-corrected chi connectivity index (χ4v) is 8.66. The largest absolute Gasteiger partial charge is 0.456 e. The molecule has 9 rings (SSSR count). The van der Waals surface area contributed by atoms with Crippen LogP contribution in [0, 0.1) is 0 Å². The normalized spacial score (nSPS) is 19.9. The van der Waals surface area contributed by atoms with Gasteiger partial charge in [0.2, 0.25) is 0 Å². The van der Waals surface area contributed by atoms with E-state index in [0.29, 0.717) is 12.1 Å². The summed E-state index contributed by atoms with van der Waals surface area (Å²) < 4.78 is 13.6. The van der Waals surface area contributed by atoms with E-state index in [4.69, 9.17) is 8.83 Å². The summed E-state index contributed by atoms with van der Waals surface area (Å²) in [6.07, 6.45) is 7.72. The number of hydrogen-bond donors (Lipinski definition) is 0. The molecule has 7 aromatic rings. The van der Waals surface area contributed by atoms with E-state index in [2.05, 4.69) is 111 Å². The first-order valence-corrected chi connectivity index (χ1v) is 17.5. The van der Waals surface area contributed by atoms with Crippen molar-refractivity contribution in [2.45, 2.75) is 90.6 Å². The predicted octanol–water partition coefficient (Wildman–Crippen LogP) is 11.8. The van der Waals surface area contributed by atoms with E-state index >= 15 is 0 Å². The fraction of sp³-hybridized carbons (Fsp3) is 0.381. The second kappa shape index (κ2) is 10.2. The lowest BCUT2D eigenvalue weighted by atomic mass is 9.82. The van der Waals surface area contributed by atoms with E-state index in [-0.39, 0.29) is 5.41 Å². The van der Waals surface area contributed by atoms with Crippen molar-refractivity contribution in [3.8, 4) is 0 Å². The van der Waals surface area contributed by atoms with Crippen LogP contribution in [-0.4, -0.2) is 25.2 Å². The van der Waals surface area contributed by atoms with Crippen molar-refractivity contribution < 1.29 is 8.83 Å². The SMILES string of the molecule is CC1CCCCN1c1ccc2cc3c(cc2c1)oc1c(C(C)(C)C)c2c(cc13)oc1cc3cc(N4CCCCC4C)ccc3cc12. The Kier molecular flexibility index (Phi) is 6.20. The molecule has 2 atom stereocenters. The highest BCUT2D eigenvalue weighted by atomic mass is 16.3. The molecule has 2 fully saturated rings. The van der Waals surface area contributed by atoms with Crippen LogP contribution in [0.5, 0.6) is 0 Å². The van der Waals surface area contributed by atoms with Crippen molar-refractivity contribution in [1.29, 1.82) is 0 Å². The van der Waals surface area contributed by atoms with Gasteiger partial charge in [0.25, 0.3) is 0 Å². The molecule has 0 spiro atoms. The lowest BCUT2D eigenvalue weighted by Gasteiger charge is -2.35. The number of nitrogens with zero attached hydrogens (tertiary/aromatic N) is 2. The zero-order valence-corrected chi connectivity index (χ0v) is 27.9. The monoisotopic (exact) mass is 608 g/mol. The summed E-state index contributed by atoms with van der Waals surface area (Å²) in [6.45, 7) is 13.9. The van der Waals surface area contributed by atoms with Gasteiger partial charge in [0, 0.05) is 63.7 Å². The van der Waals surface area contributed by atoms with Crippen molar-refractivity contribution >= 4 is 76.8 Å². The van der Waals surface area contributed by atoms with Crippen molar-refractivity contribution in [1.82, 2.24) is 0 Å². The summed E-state index contributed by atoms with van der Waals surface area (Å²) >= 11 is 0. The molecule has 2 aromatic heterocycles. The van der Waals surface area contributed by atoms with E-state index in [0.717, 1.165) is 46.2 Å². The first-order chi connectivity index (χ1) is 22.2. The molecule has 0 radical (unpaired) electrons. The third-order valence-electron chi connectivity index (χ3n) is 11.1. The van der Waals surface area contributed by atoms with Gasteiger partial charge < -0.3 is 18.6 Å². The molecule has 0 bridgehead atoms. The molecular weight excluding hydrogens is 564 g/mol. The van der Waals surface area contributed by atoms with Gasteiger partial charge in [0.15, 0.2) is 0 Å². The number of fused-ring (bicyclic) bond motifs is 8. The summed E-state index contributed by atoms with van der Waals surface area (Å²) in [5, 5.41) is 9.59. The Morgan fingerprint density at radius 2 is 1.13 bits per heavy atom. The first kappa shape index (κ1) is 28.1. The molecule has 0 aliphatic carbocycles. The lowest BCUT2D eigenvalue weighted by molar-refractivity contribution is 0.485. The van der Waals surface area contributed by atoms with Gasteiger partial charge in [-0.3, -0.25) is 0 Å². The maximum Gasteiger partial charge on any atom is 0.140 e. The van der Waals surface area contributed by atoms with Crippen LogP contribution >= 0.6 is 0 Å². The third kappa shape index (κ3) is 4.32. The van der Waals surface area contributed by atoms with Gasteiger partial charge in [0.1, 0.15) is 22.3 Å². The molecule has 2 aliphatic heterocycles. The Balaban J connectivity index is 1.23. The maximum absolute atomic E-state index is 6.87. The smallest absolute Gasteiger partial charge is 0.140 e. The van der Waals surface area contributed by atoms with Crippen LogP contribution in [-0.2, 0) is 5.41 Å². The van der Waals surface area contributed by atoms with Gasteiger partial charge in [-0.15, -0.1) is 0 Å². The fourth-order valence-electron chi connectivity index (χ4n) is 8.66. The topological polar surface area (TPSA) is 32.8 Å². The second-order valence-corrected chi connectivity index (χ2v) is 15.3. The number of rotatable bonds is 2. The van der Waals surface area contributed by atoms with Crippen molar-refractivity contribution in [3.63, 3.8) is 0 Å². The molecule has 0 saturated carbocycles. The Bertz CT molecular complexity index is 2280. The van der Waals surface area contributed by atoms with Crippen LogP contribution in [0.1, 0.15) is 78.7 Å². The first-order valence-electron chi connectivity index (χ1n) is 17.5. The number of benzene rings is 5. The minimum Gasteiger partial charge on any atom is -0.456 e. The lowest BCUT2D eigenvalue weighted by Crippen LogP contribution is -2.37. The van der Waals surface area contributed by atoms with Gasteiger partial charge in [-0.25, -0.2) is 0 Å². The molecule has 0 N–H and O–H groups in total. The van der Waals surface area contributed by atoms with Crippen LogP contribution in [0.25, 0.3) is 65.4 Å². The predicted molar refractivity (Wildman–Crippen MR) is 196 cm³/mol. The summed E-state index contributed by atoms with van der Waals surface area (Å²) in [4.78, 5) is 5.14. The summed E-state index contributed by atoms with van der Waals surface area (Å²) in [5.41, 5.74) is 7.51. The number of piperidine rings is 2. The van der Waals surface area contributed by atoms with E-state index in [1.807, 2.05) is 0 Å². The van der Waals surface area contributed by atoms with Crippen molar-refractivity contribution in [2.75, 3.05) is 22.9 Å². The number of hydrogen-bond acceptors (Lipinski definition) is 4. The molecule has 234 valence electrons. The number of anilines is 2. The van der Waals surface area contributed by atoms with Crippen LogP contribution in [0.2, 0.25) is 0 Å². The Morgan fingerprint density at radius 1 is 0.565 bits per heavy atom. The number of furan rings is 2. The van der Waals surface area contributed by atoms with E-state index in [1.54, 1.807) is 0 Å². The van der Waals surface area contributed by atoms with Gasteiger partial charge in [-0.1, -0.05) is 32.9 Å². The Morgan fingerprint density at radius 3 is 1.70 bits per heavy atom. The summed E-state index contributed by atoms with van der Waals surface area (Å²) in [5.74, 6) is 0. The van der Waals surface area contributed by atoms with Crippen LogP contribution < -0.4 is 9.80 Å². The second-order valence-electron chi connectivity index (χ2n) is 15.3. The van der Waals surface area contributed by atoms with E-state index < -0.39 is 0 Å². The molecular formula is C42H44N2O2. The van der Waals surface area contributed by atoms with Crippen LogP contribution in [0.15, 0.2) is 75.6 Å². The highest BCUT2D eigenvalue weighted by Crippen LogP contribution is 2.46. The Labute approximate surface area is 270 Å². The van der Waals surface area contributed by atoms with Crippen LogP contribution in [0.3, 0.4) is 0 Å². The minimum absolute atomic E-state index is 0.150. The van der Waals surface area contributed by atoms with Gasteiger partial charge in [-0.2, -0.15) is 0 Å². The zero-order valence-electron chi connectivity index (χ0n) is 27.9. The summed E-state index contributed by atoms with van der Waals surface area (Å²) in [7, 11) is 0. The zero-order chi connectivity index (χ0) is 31.3. The summed E-state index contributed by atoms with van der Waals surface area (Å²) in [6, 6.07) is 26.5. The third-order valence-corrected chi connectivity index (χ3v) is 11.1. The van der Waals surface area contributed by atoms with Crippen molar-refractivity contribution in [2.24, 2.45) is 0 Å².